The maximum absolute atomic E-state index is 13.1. The Morgan fingerprint density at radius 1 is 1.22 bits per heavy atom. The van der Waals surface area contributed by atoms with Crippen LogP contribution in [0.25, 0.3) is 0 Å². The molecule has 0 bridgehead atoms. The van der Waals surface area contributed by atoms with Gasteiger partial charge in [0.1, 0.15) is 0 Å². The molecule has 1 atom stereocenters. The minimum absolute atomic E-state index is 0.191. The third-order valence-electron chi connectivity index (χ3n) is 4.96. The highest BCUT2D eigenvalue weighted by atomic mass is 32.1. The molecule has 1 aliphatic rings. The van der Waals surface area contributed by atoms with Crippen LogP contribution in [0.4, 0.5) is 0 Å². The van der Waals surface area contributed by atoms with Gasteiger partial charge in [0.2, 0.25) is 5.78 Å². The molecule has 2 heterocycles. The molecule has 0 radical (unpaired) electrons. The third-order valence-corrected chi connectivity index (χ3v) is 5.83. The molecule has 0 spiro atoms. The quantitative estimate of drug-likeness (QED) is 0.664. The van der Waals surface area contributed by atoms with Crippen molar-refractivity contribution in [3.8, 4) is 0 Å². The lowest BCUT2D eigenvalue weighted by Gasteiger charge is -2.27. The summed E-state index contributed by atoms with van der Waals surface area (Å²) < 4.78 is 0. The molecule has 0 saturated carbocycles. The Kier molecular flexibility index (Phi) is 5.80. The number of aliphatic hydroxyl groups excluding tert-OH is 1. The fraction of sp³-hybridized carbons (Fsp3) is 0.364. The third kappa shape index (κ3) is 3.69. The van der Waals surface area contributed by atoms with Crippen LogP contribution in [0.15, 0.2) is 53.1 Å². The molecule has 4 nitrogen and oxygen atoms in total. The molecule has 2 aromatic rings. The zero-order valence-corrected chi connectivity index (χ0v) is 16.8. The number of carbonyl (C=O) groups is 2. The van der Waals surface area contributed by atoms with Crippen LogP contribution in [0.5, 0.6) is 0 Å². The average molecular weight is 384 g/mol. The van der Waals surface area contributed by atoms with Crippen LogP contribution in [0, 0.1) is 0 Å². The maximum Gasteiger partial charge on any atom is 0.290 e. The molecule has 0 saturated heterocycles. The van der Waals surface area contributed by atoms with Gasteiger partial charge in [-0.25, -0.2) is 0 Å². The van der Waals surface area contributed by atoms with Gasteiger partial charge < -0.3 is 10.0 Å². The van der Waals surface area contributed by atoms with Crippen LogP contribution in [-0.2, 0) is 4.79 Å². The van der Waals surface area contributed by atoms with E-state index in [9.17, 15) is 14.7 Å². The molecule has 1 N–H and O–H groups in total. The van der Waals surface area contributed by atoms with Crippen molar-refractivity contribution in [2.24, 2.45) is 0 Å². The van der Waals surface area contributed by atoms with Crippen LogP contribution in [0.3, 0.4) is 0 Å². The molecule has 1 unspecified atom stereocenters. The number of Topliss-reactive ketones (excluding diaryl/α,β-unsaturated/α-hetero) is 1. The summed E-state index contributed by atoms with van der Waals surface area (Å²) >= 11 is 1.32. The first-order chi connectivity index (χ1) is 13.0. The SMILES string of the molecule is CCCCN1C(=O)C(O)=C(C(=O)c2cccs2)C1c1ccc(C(C)C)cc1. The molecule has 1 aliphatic heterocycles. The van der Waals surface area contributed by atoms with Gasteiger partial charge in [-0.1, -0.05) is 57.5 Å². The molecule has 1 amide bonds. The van der Waals surface area contributed by atoms with Gasteiger partial charge in [-0.3, -0.25) is 9.59 Å². The number of carbonyl (C=O) groups excluding carboxylic acids is 2. The Balaban J connectivity index is 2.05. The number of nitrogens with zero attached hydrogens (tertiary/aromatic N) is 1. The molecular formula is C22H25NO3S. The van der Waals surface area contributed by atoms with E-state index in [2.05, 4.69) is 20.8 Å². The summed E-state index contributed by atoms with van der Waals surface area (Å²) in [6.07, 6.45) is 1.75. The Bertz CT molecular complexity index is 850. The summed E-state index contributed by atoms with van der Waals surface area (Å²) in [5, 5.41) is 12.4. The highest BCUT2D eigenvalue weighted by molar-refractivity contribution is 7.12. The molecule has 5 heteroatoms. The Morgan fingerprint density at radius 2 is 1.93 bits per heavy atom. The minimum atomic E-state index is -0.542. The van der Waals surface area contributed by atoms with E-state index in [0.29, 0.717) is 17.3 Å². The number of benzene rings is 1. The fourth-order valence-corrected chi connectivity index (χ4v) is 4.07. The monoisotopic (exact) mass is 383 g/mol. The van der Waals surface area contributed by atoms with Gasteiger partial charge in [-0.05, 0) is 34.9 Å². The number of hydrogen-bond donors (Lipinski definition) is 1. The number of thiophene rings is 1. The molecule has 142 valence electrons. The lowest BCUT2D eigenvalue weighted by Crippen LogP contribution is -2.32. The van der Waals surface area contributed by atoms with Gasteiger partial charge >= 0.3 is 0 Å². The highest BCUT2D eigenvalue weighted by Gasteiger charge is 2.43. The molecular weight excluding hydrogens is 358 g/mol. The van der Waals surface area contributed by atoms with E-state index in [4.69, 9.17) is 0 Å². The number of rotatable bonds is 7. The zero-order chi connectivity index (χ0) is 19.6. The first-order valence-electron chi connectivity index (χ1n) is 9.37. The van der Waals surface area contributed by atoms with Gasteiger partial charge in [0.25, 0.3) is 5.91 Å². The second-order valence-electron chi connectivity index (χ2n) is 7.14. The first kappa shape index (κ1) is 19.4. The smallest absolute Gasteiger partial charge is 0.290 e. The summed E-state index contributed by atoms with van der Waals surface area (Å²) in [5.74, 6) is -0.742. The summed E-state index contributed by atoms with van der Waals surface area (Å²) in [7, 11) is 0. The number of aliphatic hydroxyl groups is 1. The van der Waals surface area contributed by atoms with E-state index in [0.717, 1.165) is 18.4 Å². The van der Waals surface area contributed by atoms with E-state index >= 15 is 0 Å². The molecule has 0 aliphatic carbocycles. The first-order valence-corrected chi connectivity index (χ1v) is 10.3. The van der Waals surface area contributed by atoms with Crippen molar-refractivity contribution in [2.45, 2.75) is 45.6 Å². The summed E-state index contributed by atoms with van der Waals surface area (Å²) in [6, 6.07) is 11.0. The summed E-state index contributed by atoms with van der Waals surface area (Å²) in [6.45, 7) is 6.81. The van der Waals surface area contributed by atoms with Gasteiger partial charge in [0.15, 0.2) is 5.76 Å². The van der Waals surface area contributed by atoms with E-state index in [1.165, 1.54) is 16.9 Å². The standard InChI is InChI=1S/C22H25NO3S/c1-4-5-12-23-19(16-10-8-15(9-11-16)14(2)3)18(21(25)22(23)26)20(24)17-7-6-13-27-17/h6-11,13-14,19,25H,4-5,12H2,1-3H3. The highest BCUT2D eigenvalue weighted by Crippen LogP contribution is 2.39. The van der Waals surface area contributed by atoms with Crippen molar-refractivity contribution in [3.63, 3.8) is 0 Å². The predicted octanol–water partition coefficient (Wildman–Crippen LogP) is 5.25. The number of ketones is 1. The van der Waals surface area contributed by atoms with E-state index < -0.39 is 17.7 Å². The van der Waals surface area contributed by atoms with Crippen LogP contribution >= 0.6 is 11.3 Å². The molecule has 1 aromatic heterocycles. The van der Waals surface area contributed by atoms with Gasteiger partial charge in [-0.2, -0.15) is 0 Å². The van der Waals surface area contributed by atoms with Crippen LogP contribution in [-0.4, -0.2) is 28.2 Å². The summed E-state index contributed by atoms with van der Waals surface area (Å²) in [4.78, 5) is 27.9. The van der Waals surface area contributed by atoms with Crippen molar-refractivity contribution < 1.29 is 14.7 Å². The van der Waals surface area contributed by atoms with Crippen molar-refractivity contribution in [1.29, 1.82) is 0 Å². The zero-order valence-electron chi connectivity index (χ0n) is 15.9. The Labute approximate surface area is 164 Å². The number of unbranched alkanes of at least 4 members (excludes halogenated alkanes) is 1. The second-order valence-corrected chi connectivity index (χ2v) is 8.09. The largest absolute Gasteiger partial charge is 0.503 e. The Morgan fingerprint density at radius 3 is 2.48 bits per heavy atom. The normalized spacial score (nSPS) is 17.3. The van der Waals surface area contributed by atoms with Crippen molar-refractivity contribution in [2.75, 3.05) is 6.54 Å². The number of amides is 1. The molecule has 0 fully saturated rings. The van der Waals surface area contributed by atoms with E-state index in [1.807, 2.05) is 29.6 Å². The summed E-state index contributed by atoms with van der Waals surface area (Å²) in [5.41, 5.74) is 2.24. The maximum atomic E-state index is 13.1. The Hall–Kier alpha value is -2.40. The van der Waals surface area contributed by atoms with E-state index in [-0.39, 0.29) is 11.4 Å². The second kappa shape index (κ2) is 8.09. The topological polar surface area (TPSA) is 57.6 Å². The van der Waals surface area contributed by atoms with Crippen LogP contribution < -0.4 is 0 Å². The molecule has 1 aromatic carbocycles. The van der Waals surface area contributed by atoms with Gasteiger partial charge in [0.05, 0.1) is 16.5 Å². The average Bonchev–Trinajstić information content (AvgIpc) is 3.28. The van der Waals surface area contributed by atoms with Crippen molar-refractivity contribution >= 4 is 23.0 Å². The number of hydrogen-bond acceptors (Lipinski definition) is 4. The minimum Gasteiger partial charge on any atom is -0.503 e. The van der Waals surface area contributed by atoms with Crippen molar-refractivity contribution in [3.05, 3.63) is 69.1 Å². The van der Waals surface area contributed by atoms with Crippen LogP contribution in [0.2, 0.25) is 0 Å². The lowest BCUT2D eigenvalue weighted by atomic mass is 9.93. The van der Waals surface area contributed by atoms with Crippen molar-refractivity contribution in [1.82, 2.24) is 4.90 Å². The van der Waals surface area contributed by atoms with Gasteiger partial charge in [0, 0.05) is 6.54 Å². The molecule has 3 rings (SSSR count). The fourth-order valence-electron chi connectivity index (χ4n) is 3.39. The van der Waals surface area contributed by atoms with Gasteiger partial charge in [-0.15, -0.1) is 11.3 Å². The van der Waals surface area contributed by atoms with Crippen LogP contribution in [0.1, 0.15) is 66.4 Å². The lowest BCUT2D eigenvalue weighted by molar-refractivity contribution is -0.129. The van der Waals surface area contributed by atoms with E-state index in [1.54, 1.807) is 17.0 Å². The predicted molar refractivity (Wildman–Crippen MR) is 108 cm³/mol. The molecule has 27 heavy (non-hydrogen) atoms.